The Morgan fingerprint density at radius 2 is 1.88 bits per heavy atom. The van der Waals surface area contributed by atoms with Crippen molar-refractivity contribution in [2.24, 2.45) is 0 Å². The fraction of sp³-hybridized carbons (Fsp3) is 0.0556. The van der Waals surface area contributed by atoms with Crippen molar-refractivity contribution in [3.05, 3.63) is 78.0 Å². The quantitative estimate of drug-likeness (QED) is 0.774. The molecule has 5 nitrogen and oxygen atoms in total. The summed E-state index contributed by atoms with van der Waals surface area (Å²) in [6.45, 7) is 0.264. The van der Waals surface area contributed by atoms with E-state index in [1.54, 1.807) is 36.5 Å². The monoisotopic (exact) mass is 323 g/mol. The van der Waals surface area contributed by atoms with Crippen molar-refractivity contribution < 1.29 is 14.3 Å². The topological polar surface area (TPSA) is 75.1 Å². The maximum Gasteiger partial charge on any atom is 0.270 e. The minimum absolute atomic E-state index is 0.0290. The maximum absolute atomic E-state index is 12.9. The highest BCUT2D eigenvalue weighted by molar-refractivity contribution is 5.93. The highest BCUT2D eigenvalue weighted by Gasteiger charge is 2.11. The summed E-state index contributed by atoms with van der Waals surface area (Å²) in [4.78, 5) is 20.4. The van der Waals surface area contributed by atoms with E-state index in [-0.39, 0.29) is 29.7 Å². The summed E-state index contributed by atoms with van der Waals surface area (Å²) >= 11 is 0. The zero-order valence-corrected chi connectivity index (χ0v) is 12.6. The van der Waals surface area contributed by atoms with Crippen LogP contribution in [0.1, 0.15) is 16.1 Å². The van der Waals surface area contributed by atoms with Gasteiger partial charge < -0.3 is 10.4 Å². The van der Waals surface area contributed by atoms with Crippen molar-refractivity contribution in [1.29, 1.82) is 0 Å². The summed E-state index contributed by atoms with van der Waals surface area (Å²) in [5, 5.41) is 12.6. The molecule has 24 heavy (non-hydrogen) atoms. The Morgan fingerprint density at radius 3 is 2.62 bits per heavy atom. The van der Waals surface area contributed by atoms with Gasteiger partial charge in [0.25, 0.3) is 5.91 Å². The number of carbonyl (C=O) groups excluding carboxylic acids is 1. The molecule has 2 heterocycles. The maximum atomic E-state index is 12.9. The van der Waals surface area contributed by atoms with Gasteiger partial charge in [-0.05, 0) is 42.0 Å². The number of aromatic hydroxyl groups is 1. The summed E-state index contributed by atoms with van der Waals surface area (Å²) in [5.41, 5.74) is 1.96. The van der Waals surface area contributed by atoms with Crippen LogP contribution in [0.2, 0.25) is 0 Å². The van der Waals surface area contributed by atoms with Crippen LogP contribution in [0.3, 0.4) is 0 Å². The number of carbonyl (C=O) groups is 1. The third-order valence-corrected chi connectivity index (χ3v) is 3.42. The lowest BCUT2D eigenvalue weighted by atomic mass is 10.1. The van der Waals surface area contributed by atoms with Crippen LogP contribution in [0.15, 0.2) is 60.9 Å². The standard InChI is InChI=1S/C18H14FN3O2/c19-14-5-3-12(4-6-14)11-22-18(24)15-10-13(7-9-20-15)17-16(23)2-1-8-21-17/h1-10,23H,11H2,(H,22,24). The lowest BCUT2D eigenvalue weighted by Crippen LogP contribution is -2.23. The van der Waals surface area contributed by atoms with Gasteiger partial charge in [0.2, 0.25) is 0 Å². The van der Waals surface area contributed by atoms with Crippen molar-refractivity contribution in [3.8, 4) is 17.0 Å². The van der Waals surface area contributed by atoms with Gasteiger partial charge in [-0.25, -0.2) is 4.39 Å². The predicted molar refractivity (Wildman–Crippen MR) is 86.7 cm³/mol. The number of benzene rings is 1. The molecule has 0 radical (unpaired) electrons. The average Bonchev–Trinajstić information content (AvgIpc) is 2.61. The van der Waals surface area contributed by atoms with E-state index in [0.29, 0.717) is 11.3 Å². The molecule has 0 saturated heterocycles. The average molecular weight is 323 g/mol. The summed E-state index contributed by atoms with van der Waals surface area (Å²) < 4.78 is 12.9. The molecule has 0 fully saturated rings. The van der Waals surface area contributed by atoms with Crippen LogP contribution in [0.5, 0.6) is 5.75 Å². The molecule has 0 aliphatic rings. The Balaban J connectivity index is 1.75. The van der Waals surface area contributed by atoms with E-state index in [1.165, 1.54) is 24.4 Å². The molecule has 0 saturated carbocycles. The second-order valence-electron chi connectivity index (χ2n) is 5.11. The first-order chi connectivity index (χ1) is 11.6. The van der Waals surface area contributed by atoms with Gasteiger partial charge in [0, 0.05) is 24.5 Å². The highest BCUT2D eigenvalue weighted by atomic mass is 19.1. The van der Waals surface area contributed by atoms with E-state index in [4.69, 9.17) is 0 Å². The Labute approximate surface area is 137 Å². The van der Waals surface area contributed by atoms with Gasteiger partial charge in [-0.15, -0.1) is 0 Å². The Hall–Kier alpha value is -3.28. The first kappa shape index (κ1) is 15.6. The molecule has 1 amide bonds. The van der Waals surface area contributed by atoms with E-state index < -0.39 is 0 Å². The third kappa shape index (κ3) is 3.55. The first-order valence-corrected chi connectivity index (χ1v) is 7.26. The molecular formula is C18H14FN3O2. The molecule has 0 aliphatic carbocycles. The van der Waals surface area contributed by atoms with E-state index >= 15 is 0 Å². The van der Waals surface area contributed by atoms with Crippen LogP contribution >= 0.6 is 0 Å². The smallest absolute Gasteiger partial charge is 0.270 e. The second kappa shape index (κ2) is 6.87. The fourth-order valence-electron chi connectivity index (χ4n) is 2.20. The van der Waals surface area contributed by atoms with Crippen LogP contribution in [0.4, 0.5) is 4.39 Å². The minimum Gasteiger partial charge on any atom is -0.506 e. The van der Waals surface area contributed by atoms with Gasteiger partial charge in [0.05, 0.1) is 0 Å². The van der Waals surface area contributed by atoms with Gasteiger partial charge in [0.1, 0.15) is 23.0 Å². The summed E-state index contributed by atoms with van der Waals surface area (Å²) in [7, 11) is 0. The molecular weight excluding hydrogens is 309 g/mol. The molecule has 3 rings (SSSR count). The predicted octanol–water partition coefficient (Wildman–Crippen LogP) is 2.92. The Morgan fingerprint density at radius 1 is 1.08 bits per heavy atom. The number of hydrogen-bond donors (Lipinski definition) is 2. The number of nitrogens with one attached hydrogen (secondary N) is 1. The number of rotatable bonds is 4. The van der Waals surface area contributed by atoms with E-state index in [9.17, 15) is 14.3 Å². The Kier molecular flexibility index (Phi) is 4.47. The number of halogens is 1. The van der Waals surface area contributed by atoms with Crippen LogP contribution < -0.4 is 5.32 Å². The van der Waals surface area contributed by atoms with Crippen LogP contribution in [-0.4, -0.2) is 21.0 Å². The summed E-state index contributed by atoms with van der Waals surface area (Å²) in [5.74, 6) is -0.660. The molecule has 0 unspecified atom stereocenters. The van der Waals surface area contributed by atoms with Crippen molar-refractivity contribution in [3.63, 3.8) is 0 Å². The molecule has 6 heteroatoms. The van der Waals surface area contributed by atoms with Crippen molar-refractivity contribution in [2.45, 2.75) is 6.54 Å². The second-order valence-corrected chi connectivity index (χ2v) is 5.11. The van der Waals surface area contributed by atoms with Gasteiger partial charge in [-0.2, -0.15) is 0 Å². The van der Waals surface area contributed by atoms with Gasteiger partial charge in [0.15, 0.2) is 0 Å². The Bertz CT molecular complexity index is 866. The number of pyridine rings is 2. The van der Waals surface area contributed by atoms with Crippen LogP contribution in [0.25, 0.3) is 11.3 Å². The molecule has 0 aliphatic heterocycles. The largest absolute Gasteiger partial charge is 0.506 e. The van der Waals surface area contributed by atoms with Crippen molar-refractivity contribution in [2.75, 3.05) is 0 Å². The van der Waals surface area contributed by atoms with E-state index in [2.05, 4.69) is 15.3 Å². The number of nitrogens with zero attached hydrogens (tertiary/aromatic N) is 2. The molecule has 2 aromatic heterocycles. The van der Waals surface area contributed by atoms with E-state index in [0.717, 1.165) is 5.56 Å². The summed E-state index contributed by atoms with van der Waals surface area (Å²) in [6, 6.07) is 12.2. The van der Waals surface area contributed by atoms with Crippen LogP contribution in [0, 0.1) is 5.82 Å². The summed E-state index contributed by atoms with van der Waals surface area (Å²) in [6.07, 6.45) is 3.04. The zero-order valence-electron chi connectivity index (χ0n) is 12.6. The first-order valence-electron chi connectivity index (χ1n) is 7.26. The van der Waals surface area contributed by atoms with Crippen molar-refractivity contribution >= 4 is 5.91 Å². The normalized spacial score (nSPS) is 10.4. The van der Waals surface area contributed by atoms with Gasteiger partial charge >= 0.3 is 0 Å². The van der Waals surface area contributed by atoms with Crippen molar-refractivity contribution in [1.82, 2.24) is 15.3 Å². The molecule has 0 spiro atoms. The fourth-order valence-corrected chi connectivity index (χ4v) is 2.20. The molecule has 120 valence electrons. The number of aromatic nitrogens is 2. The zero-order chi connectivity index (χ0) is 16.9. The molecule has 0 bridgehead atoms. The lowest BCUT2D eigenvalue weighted by molar-refractivity contribution is 0.0946. The third-order valence-electron chi connectivity index (χ3n) is 3.42. The van der Waals surface area contributed by atoms with Gasteiger partial charge in [-0.1, -0.05) is 12.1 Å². The highest BCUT2D eigenvalue weighted by Crippen LogP contribution is 2.25. The number of amides is 1. The molecule has 1 aromatic carbocycles. The SMILES string of the molecule is O=C(NCc1ccc(F)cc1)c1cc(-c2ncccc2O)ccn1. The minimum atomic E-state index is -0.364. The molecule has 3 aromatic rings. The molecule has 0 atom stereocenters. The number of hydrogen-bond acceptors (Lipinski definition) is 4. The van der Waals surface area contributed by atoms with Crippen LogP contribution in [-0.2, 0) is 6.54 Å². The van der Waals surface area contributed by atoms with E-state index in [1.807, 2.05) is 0 Å². The van der Waals surface area contributed by atoms with Gasteiger partial charge in [-0.3, -0.25) is 14.8 Å². The lowest BCUT2D eigenvalue weighted by Gasteiger charge is -2.07. The molecule has 2 N–H and O–H groups in total.